The normalized spacial score (nSPS) is 20.8. The highest BCUT2D eigenvalue weighted by molar-refractivity contribution is 5.97. The quantitative estimate of drug-likeness (QED) is 0.783. The van der Waals surface area contributed by atoms with Gasteiger partial charge in [0.15, 0.2) is 0 Å². The molecule has 0 spiro atoms. The molecule has 0 aromatic heterocycles. The third-order valence-electron chi connectivity index (χ3n) is 3.90. The van der Waals surface area contributed by atoms with E-state index in [4.69, 9.17) is 0 Å². The average Bonchev–Trinajstić information content (AvgIpc) is 2.48. The first kappa shape index (κ1) is 15.8. The van der Waals surface area contributed by atoms with Gasteiger partial charge in [-0.05, 0) is 49.6 Å². The van der Waals surface area contributed by atoms with Crippen molar-refractivity contribution in [2.75, 3.05) is 17.2 Å². The minimum absolute atomic E-state index is 0. The molecular formula is C15H20ClN3O2. The number of carbonyl (C=O) groups is 2. The number of halogens is 1. The van der Waals surface area contributed by atoms with Crippen LogP contribution in [0.2, 0.25) is 0 Å². The smallest absolute Gasteiger partial charge is 0.241 e. The highest BCUT2D eigenvalue weighted by Gasteiger charge is 2.21. The van der Waals surface area contributed by atoms with Crippen molar-refractivity contribution in [3.05, 3.63) is 23.8 Å². The molecule has 1 unspecified atom stereocenters. The predicted molar refractivity (Wildman–Crippen MR) is 84.9 cm³/mol. The lowest BCUT2D eigenvalue weighted by Crippen LogP contribution is -2.43. The van der Waals surface area contributed by atoms with Crippen LogP contribution in [-0.2, 0) is 16.0 Å². The summed E-state index contributed by atoms with van der Waals surface area (Å²) < 4.78 is 0. The first-order valence-corrected chi connectivity index (χ1v) is 7.19. The third kappa shape index (κ3) is 3.74. The molecule has 3 rings (SSSR count). The number of fused-ring (bicyclic) bond motifs is 1. The van der Waals surface area contributed by atoms with E-state index in [1.54, 1.807) is 0 Å². The van der Waals surface area contributed by atoms with Crippen LogP contribution in [0.3, 0.4) is 0 Å². The third-order valence-corrected chi connectivity index (χ3v) is 3.90. The van der Waals surface area contributed by atoms with Gasteiger partial charge in [0.2, 0.25) is 11.8 Å². The van der Waals surface area contributed by atoms with Gasteiger partial charge in [0, 0.05) is 17.8 Å². The van der Waals surface area contributed by atoms with E-state index >= 15 is 0 Å². The van der Waals surface area contributed by atoms with Crippen LogP contribution < -0.4 is 16.0 Å². The number of benzene rings is 1. The fourth-order valence-electron chi connectivity index (χ4n) is 2.77. The highest BCUT2D eigenvalue weighted by Crippen LogP contribution is 2.25. The molecule has 2 amide bonds. The van der Waals surface area contributed by atoms with Gasteiger partial charge in [-0.3, -0.25) is 9.59 Å². The van der Waals surface area contributed by atoms with Crippen molar-refractivity contribution < 1.29 is 9.59 Å². The average molecular weight is 310 g/mol. The van der Waals surface area contributed by atoms with E-state index in [0.717, 1.165) is 49.2 Å². The number of rotatable bonds is 2. The molecule has 1 atom stereocenters. The van der Waals surface area contributed by atoms with Crippen LogP contribution in [0.25, 0.3) is 0 Å². The monoisotopic (exact) mass is 309 g/mol. The van der Waals surface area contributed by atoms with Crippen LogP contribution in [0.5, 0.6) is 0 Å². The van der Waals surface area contributed by atoms with E-state index in [-0.39, 0.29) is 30.3 Å². The number of aryl methyl sites for hydroxylation is 1. The Hall–Kier alpha value is -1.59. The Balaban J connectivity index is 0.00000161. The number of nitrogens with one attached hydrogen (secondary N) is 3. The van der Waals surface area contributed by atoms with Crippen molar-refractivity contribution in [2.24, 2.45) is 0 Å². The van der Waals surface area contributed by atoms with Crippen LogP contribution >= 0.6 is 12.4 Å². The fourth-order valence-corrected chi connectivity index (χ4v) is 2.77. The van der Waals surface area contributed by atoms with Gasteiger partial charge in [-0.1, -0.05) is 6.42 Å². The standard InChI is InChI=1S/C15H19N3O2.ClH/c19-14-7-4-10-9-11(5-6-12(10)18-14)17-15(20)13-3-1-2-8-16-13;/h5-6,9,13,16H,1-4,7-8H2,(H,17,20)(H,18,19);1H. The van der Waals surface area contributed by atoms with Gasteiger partial charge >= 0.3 is 0 Å². The van der Waals surface area contributed by atoms with Crippen molar-refractivity contribution in [1.82, 2.24) is 5.32 Å². The zero-order valence-electron chi connectivity index (χ0n) is 11.8. The molecule has 0 bridgehead atoms. The number of piperidine rings is 1. The van der Waals surface area contributed by atoms with Gasteiger partial charge < -0.3 is 16.0 Å². The van der Waals surface area contributed by atoms with E-state index in [0.29, 0.717) is 6.42 Å². The molecule has 2 aliphatic heterocycles. The summed E-state index contributed by atoms with van der Waals surface area (Å²) in [5, 5.41) is 9.04. The van der Waals surface area contributed by atoms with Gasteiger partial charge in [-0.15, -0.1) is 12.4 Å². The topological polar surface area (TPSA) is 70.2 Å². The Bertz CT molecular complexity index is 542. The SMILES string of the molecule is Cl.O=C1CCc2cc(NC(=O)C3CCCCN3)ccc2N1. The molecule has 0 saturated carbocycles. The Morgan fingerprint density at radius 3 is 2.86 bits per heavy atom. The summed E-state index contributed by atoms with van der Waals surface area (Å²) in [5.41, 5.74) is 2.74. The second-order valence-electron chi connectivity index (χ2n) is 5.41. The predicted octanol–water partition coefficient (Wildman–Crippen LogP) is 2.07. The molecule has 2 aliphatic rings. The summed E-state index contributed by atoms with van der Waals surface area (Å²) in [4.78, 5) is 23.5. The molecular weight excluding hydrogens is 290 g/mol. The molecule has 114 valence electrons. The summed E-state index contributed by atoms with van der Waals surface area (Å²) >= 11 is 0. The van der Waals surface area contributed by atoms with Crippen LogP contribution in [0.4, 0.5) is 11.4 Å². The van der Waals surface area contributed by atoms with E-state index < -0.39 is 0 Å². The molecule has 1 aromatic rings. The minimum atomic E-state index is -0.0838. The minimum Gasteiger partial charge on any atom is -0.326 e. The summed E-state index contributed by atoms with van der Waals surface area (Å²) in [6.45, 7) is 0.911. The molecule has 1 saturated heterocycles. The largest absolute Gasteiger partial charge is 0.326 e. The summed E-state index contributed by atoms with van der Waals surface area (Å²) in [6.07, 6.45) is 4.37. The zero-order chi connectivity index (χ0) is 13.9. The Labute approximate surface area is 130 Å². The molecule has 1 aromatic carbocycles. The van der Waals surface area contributed by atoms with Gasteiger partial charge in [-0.2, -0.15) is 0 Å². The Morgan fingerprint density at radius 2 is 2.10 bits per heavy atom. The summed E-state index contributed by atoms with van der Waals surface area (Å²) in [6, 6.07) is 5.57. The van der Waals surface area contributed by atoms with E-state index in [9.17, 15) is 9.59 Å². The molecule has 5 nitrogen and oxygen atoms in total. The molecule has 1 fully saturated rings. The highest BCUT2D eigenvalue weighted by atomic mass is 35.5. The van der Waals surface area contributed by atoms with E-state index in [2.05, 4.69) is 16.0 Å². The molecule has 21 heavy (non-hydrogen) atoms. The van der Waals surface area contributed by atoms with E-state index in [1.165, 1.54) is 0 Å². The first-order valence-electron chi connectivity index (χ1n) is 7.19. The van der Waals surface area contributed by atoms with E-state index in [1.807, 2.05) is 18.2 Å². The first-order chi connectivity index (χ1) is 9.72. The number of carbonyl (C=O) groups excluding carboxylic acids is 2. The van der Waals surface area contributed by atoms with Gasteiger partial charge in [0.1, 0.15) is 0 Å². The molecule has 6 heteroatoms. The van der Waals surface area contributed by atoms with Crippen molar-refractivity contribution in [1.29, 1.82) is 0 Å². The zero-order valence-corrected chi connectivity index (χ0v) is 12.6. The summed E-state index contributed by atoms with van der Waals surface area (Å²) in [5.74, 6) is 0.0881. The van der Waals surface area contributed by atoms with Gasteiger partial charge in [0.05, 0.1) is 6.04 Å². The van der Waals surface area contributed by atoms with Crippen LogP contribution in [0, 0.1) is 0 Å². The van der Waals surface area contributed by atoms with Crippen LogP contribution in [-0.4, -0.2) is 24.4 Å². The van der Waals surface area contributed by atoms with Crippen molar-refractivity contribution in [3.8, 4) is 0 Å². The number of amides is 2. The maximum atomic E-state index is 12.1. The number of hydrogen-bond acceptors (Lipinski definition) is 3. The second kappa shape index (κ2) is 6.91. The molecule has 3 N–H and O–H groups in total. The van der Waals surface area contributed by atoms with Crippen LogP contribution in [0.1, 0.15) is 31.2 Å². The van der Waals surface area contributed by atoms with Gasteiger partial charge in [0.25, 0.3) is 0 Å². The lowest BCUT2D eigenvalue weighted by Gasteiger charge is -2.23. The molecule has 0 aliphatic carbocycles. The fraction of sp³-hybridized carbons (Fsp3) is 0.467. The van der Waals surface area contributed by atoms with Gasteiger partial charge in [-0.25, -0.2) is 0 Å². The maximum Gasteiger partial charge on any atom is 0.241 e. The number of hydrogen-bond donors (Lipinski definition) is 3. The van der Waals surface area contributed by atoms with Crippen molar-refractivity contribution in [2.45, 2.75) is 38.1 Å². The Kier molecular flexibility index (Phi) is 5.20. The Morgan fingerprint density at radius 1 is 1.24 bits per heavy atom. The second-order valence-corrected chi connectivity index (χ2v) is 5.41. The van der Waals surface area contributed by atoms with Crippen molar-refractivity contribution >= 4 is 35.6 Å². The lowest BCUT2D eigenvalue weighted by molar-refractivity contribution is -0.118. The molecule has 2 heterocycles. The molecule has 0 radical (unpaired) electrons. The van der Waals surface area contributed by atoms with Crippen LogP contribution in [0.15, 0.2) is 18.2 Å². The lowest BCUT2D eigenvalue weighted by atomic mass is 10.0. The summed E-state index contributed by atoms with van der Waals surface area (Å²) in [7, 11) is 0. The van der Waals surface area contributed by atoms with Crippen molar-refractivity contribution in [3.63, 3.8) is 0 Å². The maximum absolute atomic E-state index is 12.1. The number of anilines is 2.